The van der Waals surface area contributed by atoms with E-state index in [4.69, 9.17) is 12.2 Å². The molecule has 1 aromatic rings. The summed E-state index contributed by atoms with van der Waals surface area (Å²) in [7, 11) is 0. The van der Waals surface area contributed by atoms with E-state index >= 15 is 0 Å². The zero-order valence-electron chi connectivity index (χ0n) is 10.4. The third kappa shape index (κ3) is 2.26. The van der Waals surface area contributed by atoms with Gasteiger partial charge in [-0.2, -0.15) is 4.99 Å². The Balaban J connectivity index is 2.37. The first-order valence-electron chi connectivity index (χ1n) is 5.79. The van der Waals surface area contributed by atoms with E-state index in [0.717, 1.165) is 23.5 Å². The number of aryl methyl sites for hydroxylation is 2. The Kier molecular flexibility index (Phi) is 3.70. The molecule has 1 aliphatic heterocycles. The zero-order chi connectivity index (χ0) is 13.1. The Morgan fingerprint density at radius 2 is 2.06 bits per heavy atom. The molecular weight excluding hydrogens is 244 g/mol. The smallest absolute Gasteiger partial charge is 0.239 e. The summed E-state index contributed by atoms with van der Waals surface area (Å²) in [5.74, 6) is 0. The molecule has 0 saturated carbocycles. The molecule has 0 aromatic heterocycles. The predicted octanol–water partition coefficient (Wildman–Crippen LogP) is 3.06. The van der Waals surface area contributed by atoms with Gasteiger partial charge in [-0.05, 0) is 31.4 Å². The molecule has 4 heteroatoms. The SMILES string of the molecule is Cc1cccc(C)c1N1CC/C(=C\N=C=O)C1=S. The van der Waals surface area contributed by atoms with Crippen molar-refractivity contribution in [3.05, 3.63) is 41.1 Å². The van der Waals surface area contributed by atoms with Gasteiger partial charge in [0.2, 0.25) is 6.08 Å². The van der Waals surface area contributed by atoms with Crippen molar-refractivity contribution in [1.29, 1.82) is 0 Å². The summed E-state index contributed by atoms with van der Waals surface area (Å²) in [6.45, 7) is 5.00. The molecular formula is C14H14N2OS. The molecule has 0 N–H and O–H groups in total. The second-order valence-electron chi connectivity index (χ2n) is 4.32. The van der Waals surface area contributed by atoms with Gasteiger partial charge in [0.05, 0.1) is 0 Å². The van der Waals surface area contributed by atoms with Gasteiger partial charge in [0.25, 0.3) is 0 Å². The second-order valence-corrected chi connectivity index (χ2v) is 4.71. The van der Waals surface area contributed by atoms with Crippen LogP contribution < -0.4 is 4.90 Å². The maximum atomic E-state index is 10.1. The Hall–Kier alpha value is -1.77. The molecule has 0 bridgehead atoms. The van der Waals surface area contributed by atoms with Crippen molar-refractivity contribution in [1.82, 2.24) is 0 Å². The lowest BCUT2D eigenvalue weighted by molar-refractivity contribution is 0.565. The summed E-state index contributed by atoms with van der Waals surface area (Å²) in [6.07, 6.45) is 3.85. The Bertz CT molecular complexity index is 551. The third-order valence-electron chi connectivity index (χ3n) is 3.11. The molecule has 1 heterocycles. The molecule has 92 valence electrons. The number of isocyanates is 1. The number of hydrogen-bond acceptors (Lipinski definition) is 3. The van der Waals surface area contributed by atoms with Crippen LogP contribution >= 0.6 is 12.2 Å². The van der Waals surface area contributed by atoms with Crippen LogP contribution in [-0.4, -0.2) is 17.6 Å². The molecule has 1 aromatic carbocycles. The number of anilines is 1. The van der Waals surface area contributed by atoms with Crippen molar-refractivity contribution < 1.29 is 4.79 Å². The highest BCUT2D eigenvalue weighted by Gasteiger charge is 2.25. The van der Waals surface area contributed by atoms with E-state index in [1.165, 1.54) is 29.1 Å². The molecule has 0 amide bonds. The van der Waals surface area contributed by atoms with Gasteiger partial charge in [0.15, 0.2) is 0 Å². The molecule has 0 atom stereocenters. The molecule has 2 rings (SSSR count). The van der Waals surface area contributed by atoms with Crippen molar-refractivity contribution in [3.63, 3.8) is 0 Å². The fourth-order valence-electron chi connectivity index (χ4n) is 2.28. The fraction of sp³-hybridized carbons (Fsp3) is 0.286. The van der Waals surface area contributed by atoms with Crippen LogP contribution in [0.4, 0.5) is 5.69 Å². The second kappa shape index (κ2) is 5.25. The minimum atomic E-state index is 0.756. The van der Waals surface area contributed by atoms with Gasteiger partial charge in [0, 0.05) is 24.0 Å². The number of thiocarbonyl (C=S) groups is 1. The van der Waals surface area contributed by atoms with E-state index in [1.807, 2.05) is 6.07 Å². The predicted molar refractivity (Wildman–Crippen MR) is 76.7 cm³/mol. The van der Waals surface area contributed by atoms with Gasteiger partial charge >= 0.3 is 0 Å². The summed E-state index contributed by atoms with van der Waals surface area (Å²) in [6, 6.07) is 6.20. The molecule has 1 fully saturated rings. The van der Waals surface area contributed by atoms with Crippen LogP contribution in [0.1, 0.15) is 17.5 Å². The minimum absolute atomic E-state index is 0.756. The molecule has 1 aliphatic rings. The highest BCUT2D eigenvalue weighted by Crippen LogP contribution is 2.31. The van der Waals surface area contributed by atoms with Crippen molar-refractivity contribution >= 4 is 29.0 Å². The Morgan fingerprint density at radius 3 is 2.67 bits per heavy atom. The number of rotatable bonds is 2. The average Bonchev–Trinajstić information content (AvgIpc) is 2.69. The van der Waals surface area contributed by atoms with E-state index in [2.05, 4.69) is 35.9 Å². The number of para-hydroxylation sites is 1. The molecule has 18 heavy (non-hydrogen) atoms. The first-order valence-corrected chi connectivity index (χ1v) is 6.20. The minimum Gasteiger partial charge on any atom is -0.332 e. The van der Waals surface area contributed by atoms with Gasteiger partial charge in [-0.25, -0.2) is 4.79 Å². The van der Waals surface area contributed by atoms with Gasteiger partial charge in [-0.1, -0.05) is 30.4 Å². The quantitative estimate of drug-likeness (QED) is 0.354. The van der Waals surface area contributed by atoms with Crippen LogP contribution in [0.3, 0.4) is 0 Å². The third-order valence-corrected chi connectivity index (χ3v) is 3.59. The van der Waals surface area contributed by atoms with Gasteiger partial charge in [-0.3, -0.25) is 0 Å². The first kappa shape index (κ1) is 12.7. The number of hydrogen-bond donors (Lipinski definition) is 0. The van der Waals surface area contributed by atoms with Crippen molar-refractivity contribution in [2.75, 3.05) is 11.4 Å². The fourth-order valence-corrected chi connectivity index (χ4v) is 2.62. The van der Waals surface area contributed by atoms with Crippen LogP contribution in [0.15, 0.2) is 35.0 Å². The summed E-state index contributed by atoms with van der Waals surface area (Å²) >= 11 is 5.44. The average molecular weight is 258 g/mol. The van der Waals surface area contributed by atoms with Crippen LogP contribution in [0.25, 0.3) is 0 Å². The van der Waals surface area contributed by atoms with Crippen LogP contribution in [0.5, 0.6) is 0 Å². The maximum Gasteiger partial charge on any atom is 0.239 e. The van der Waals surface area contributed by atoms with E-state index < -0.39 is 0 Å². The van der Waals surface area contributed by atoms with Gasteiger partial charge < -0.3 is 4.90 Å². The van der Waals surface area contributed by atoms with E-state index in [-0.39, 0.29) is 0 Å². The van der Waals surface area contributed by atoms with Gasteiger partial charge in [0.1, 0.15) is 4.99 Å². The highest BCUT2D eigenvalue weighted by molar-refractivity contribution is 7.81. The highest BCUT2D eigenvalue weighted by atomic mass is 32.1. The number of benzene rings is 1. The standard InChI is InChI=1S/C14H14N2OS/c1-10-4-3-5-11(2)13(10)16-7-6-12(14(16)18)8-15-9-17/h3-5,8H,6-7H2,1-2H3/b12-8+. The van der Waals surface area contributed by atoms with E-state index in [0.29, 0.717) is 0 Å². The van der Waals surface area contributed by atoms with Crippen LogP contribution in [0.2, 0.25) is 0 Å². The van der Waals surface area contributed by atoms with E-state index in [1.54, 1.807) is 0 Å². The van der Waals surface area contributed by atoms with E-state index in [9.17, 15) is 4.79 Å². The molecule has 0 spiro atoms. The number of carbonyl (C=O) groups excluding carboxylic acids is 1. The Labute approximate surface area is 112 Å². The molecule has 0 aliphatic carbocycles. The summed E-state index contributed by atoms with van der Waals surface area (Å²) < 4.78 is 0. The van der Waals surface area contributed by atoms with Gasteiger partial charge in [-0.15, -0.1) is 0 Å². The zero-order valence-corrected chi connectivity index (χ0v) is 11.3. The normalized spacial score (nSPS) is 17.1. The molecule has 3 nitrogen and oxygen atoms in total. The lowest BCUT2D eigenvalue weighted by Gasteiger charge is -2.22. The summed E-state index contributed by atoms with van der Waals surface area (Å²) in [4.78, 5) is 16.5. The number of aliphatic imine (C=N–C) groups is 1. The van der Waals surface area contributed by atoms with Crippen LogP contribution in [-0.2, 0) is 4.79 Å². The topological polar surface area (TPSA) is 32.7 Å². The summed E-state index contributed by atoms with van der Waals surface area (Å²) in [5.41, 5.74) is 4.51. The van der Waals surface area contributed by atoms with Crippen molar-refractivity contribution in [2.24, 2.45) is 4.99 Å². The Morgan fingerprint density at radius 1 is 1.39 bits per heavy atom. The maximum absolute atomic E-state index is 10.1. The van der Waals surface area contributed by atoms with Crippen molar-refractivity contribution in [3.8, 4) is 0 Å². The molecule has 1 saturated heterocycles. The largest absolute Gasteiger partial charge is 0.332 e. The van der Waals surface area contributed by atoms with Crippen molar-refractivity contribution in [2.45, 2.75) is 20.3 Å². The lowest BCUT2D eigenvalue weighted by Crippen LogP contribution is -2.24. The van der Waals surface area contributed by atoms with Crippen LogP contribution in [0, 0.1) is 13.8 Å². The number of nitrogens with zero attached hydrogens (tertiary/aromatic N) is 2. The lowest BCUT2D eigenvalue weighted by atomic mass is 10.1. The monoisotopic (exact) mass is 258 g/mol. The molecule has 0 unspecified atom stereocenters. The first-order chi connectivity index (χ1) is 8.65. The molecule has 0 radical (unpaired) electrons. The summed E-state index contributed by atoms with van der Waals surface area (Å²) in [5, 5.41) is 0.